The van der Waals surface area contributed by atoms with Gasteiger partial charge in [-0.15, -0.1) is 11.3 Å². The number of sulfonamides is 1. The van der Waals surface area contributed by atoms with Gasteiger partial charge in [0.15, 0.2) is 0 Å². The number of anilines is 2. The van der Waals surface area contributed by atoms with Crippen molar-refractivity contribution < 1.29 is 17.9 Å². The zero-order valence-corrected chi connectivity index (χ0v) is 16.2. The summed E-state index contributed by atoms with van der Waals surface area (Å²) in [6, 6.07) is 8.30. The third-order valence-corrected chi connectivity index (χ3v) is 7.62. The Bertz CT molecular complexity index is 951. The van der Waals surface area contributed by atoms with E-state index in [4.69, 9.17) is 16.3 Å². The predicted octanol–water partition coefficient (Wildman–Crippen LogP) is 3.27. The summed E-state index contributed by atoms with van der Waals surface area (Å²) in [5.41, 5.74) is 2.19. The van der Waals surface area contributed by atoms with Gasteiger partial charge in [0.1, 0.15) is 10.3 Å². The molecule has 1 fully saturated rings. The van der Waals surface area contributed by atoms with Gasteiger partial charge in [-0.25, -0.2) is 8.42 Å². The number of fused-ring (bicyclic) bond motifs is 1. The lowest BCUT2D eigenvalue weighted by atomic mass is 10.1. The molecule has 2 aliphatic heterocycles. The lowest BCUT2D eigenvalue weighted by molar-refractivity contribution is -0.127. The SMILES string of the molecule is O=C(C1CCCO1)N1CCc2ccc(NS(=O)(=O)c3ccc(Cl)s3)cc21. The van der Waals surface area contributed by atoms with Crippen molar-refractivity contribution in [2.75, 3.05) is 22.8 Å². The number of carbonyl (C=O) groups excluding carboxylic acids is 1. The molecular weight excluding hydrogens is 396 g/mol. The van der Waals surface area contributed by atoms with E-state index in [1.807, 2.05) is 6.07 Å². The van der Waals surface area contributed by atoms with E-state index < -0.39 is 16.1 Å². The van der Waals surface area contributed by atoms with Crippen LogP contribution in [0.15, 0.2) is 34.5 Å². The minimum Gasteiger partial charge on any atom is -0.368 e. The molecule has 1 amide bonds. The van der Waals surface area contributed by atoms with Crippen LogP contribution in [0.1, 0.15) is 18.4 Å². The summed E-state index contributed by atoms with van der Waals surface area (Å²) in [4.78, 5) is 14.4. The molecule has 1 unspecified atom stereocenters. The van der Waals surface area contributed by atoms with E-state index in [2.05, 4.69) is 4.72 Å². The summed E-state index contributed by atoms with van der Waals surface area (Å²) < 4.78 is 33.6. The Morgan fingerprint density at radius 3 is 2.85 bits per heavy atom. The van der Waals surface area contributed by atoms with E-state index in [0.717, 1.165) is 41.9 Å². The molecule has 1 saturated heterocycles. The third kappa shape index (κ3) is 3.34. The fourth-order valence-corrected chi connectivity index (χ4v) is 5.80. The van der Waals surface area contributed by atoms with Crippen LogP contribution in [0.2, 0.25) is 4.34 Å². The van der Waals surface area contributed by atoms with Crippen molar-refractivity contribution in [3.8, 4) is 0 Å². The monoisotopic (exact) mass is 412 g/mol. The Balaban J connectivity index is 1.58. The summed E-state index contributed by atoms with van der Waals surface area (Å²) in [5, 5.41) is 0. The smallest absolute Gasteiger partial charge is 0.271 e. The molecule has 1 aromatic heterocycles. The van der Waals surface area contributed by atoms with Crippen LogP contribution in [0.4, 0.5) is 11.4 Å². The number of benzene rings is 1. The average molecular weight is 413 g/mol. The first-order valence-electron chi connectivity index (χ1n) is 8.28. The van der Waals surface area contributed by atoms with E-state index in [0.29, 0.717) is 23.2 Å². The Hall–Kier alpha value is -1.61. The van der Waals surface area contributed by atoms with Crippen molar-refractivity contribution in [1.82, 2.24) is 0 Å². The van der Waals surface area contributed by atoms with Gasteiger partial charge < -0.3 is 9.64 Å². The normalized spacial score (nSPS) is 19.6. The molecule has 1 aromatic carbocycles. The molecule has 2 aromatic rings. The average Bonchev–Trinajstić information content (AvgIpc) is 3.34. The van der Waals surface area contributed by atoms with E-state index in [1.54, 1.807) is 23.1 Å². The maximum atomic E-state index is 12.7. The van der Waals surface area contributed by atoms with Crippen molar-refractivity contribution >= 4 is 50.2 Å². The van der Waals surface area contributed by atoms with Crippen molar-refractivity contribution in [2.45, 2.75) is 29.6 Å². The van der Waals surface area contributed by atoms with Crippen molar-refractivity contribution in [3.05, 3.63) is 40.2 Å². The lowest BCUT2D eigenvalue weighted by Gasteiger charge is -2.21. The lowest BCUT2D eigenvalue weighted by Crippen LogP contribution is -2.37. The van der Waals surface area contributed by atoms with Gasteiger partial charge in [0.25, 0.3) is 15.9 Å². The van der Waals surface area contributed by atoms with Crippen LogP contribution in [0.3, 0.4) is 0 Å². The molecule has 1 N–H and O–H groups in total. The molecule has 0 radical (unpaired) electrons. The molecule has 138 valence electrons. The summed E-state index contributed by atoms with van der Waals surface area (Å²) >= 11 is 6.83. The van der Waals surface area contributed by atoms with Gasteiger partial charge in [0.05, 0.1) is 10.0 Å². The van der Waals surface area contributed by atoms with Crippen molar-refractivity contribution in [2.24, 2.45) is 0 Å². The molecule has 3 heterocycles. The van der Waals surface area contributed by atoms with Gasteiger partial charge in [-0.05, 0) is 49.1 Å². The van der Waals surface area contributed by atoms with E-state index >= 15 is 0 Å². The Labute approximate surface area is 160 Å². The van der Waals surface area contributed by atoms with Crippen LogP contribution >= 0.6 is 22.9 Å². The van der Waals surface area contributed by atoms with Crippen LogP contribution < -0.4 is 9.62 Å². The molecule has 9 heteroatoms. The Morgan fingerprint density at radius 1 is 1.31 bits per heavy atom. The molecule has 2 aliphatic rings. The Kier molecular flexibility index (Phi) is 4.68. The quantitative estimate of drug-likeness (QED) is 0.836. The fourth-order valence-electron chi connectivity index (χ4n) is 3.27. The first kappa shape index (κ1) is 17.8. The highest BCUT2D eigenvalue weighted by Crippen LogP contribution is 2.34. The van der Waals surface area contributed by atoms with Crippen LogP contribution in [-0.2, 0) is 26.0 Å². The summed E-state index contributed by atoms with van der Waals surface area (Å²) in [6.45, 7) is 1.20. The van der Waals surface area contributed by atoms with Gasteiger partial charge in [-0.1, -0.05) is 17.7 Å². The summed E-state index contributed by atoms with van der Waals surface area (Å²) in [6.07, 6.45) is 1.98. The van der Waals surface area contributed by atoms with Gasteiger partial charge in [0.2, 0.25) is 0 Å². The fraction of sp³-hybridized carbons (Fsp3) is 0.353. The molecule has 0 spiro atoms. The standard InChI is InChI=1S/C17H17ClN2O4S2/c18-15-5-6-16(25-15)26(22,23)19-12-4-3-11-7-8-20(13(11)10-12)17(21)14-2-1-9-24-14/h3-6,10,14,19H,1-2,7-9H2. The number of nitrogens with zero attached hydrogens (tertiary/aromatic N) is 1. The van der Waals surface area contributed by atoms with E-state index in [-0.39, 0.29) is 10.1 Å². The molecule has 0 aliphatic carbocycles. The van der Waals surface area contributed by atoms with Crippen LogP contribution in [-0.4, -0.2) is 33.6 Å². The van der Waals surface area contributed by atoms with Crippen LogP contribution in [0.5, 0.6) is 0 Å². The van der Waals surface area contributed by atoms with Gasteiger partial charge in [-0.2, -0.15) is 0 Å². The van der Waals surface area contributed by atoms with Gasteiger partial charge >= 0.3 is 0 Å². The minimum absolute atomic E-state index is 0.0497. The van der Waals surface area contributed by atoms with Crippen LogP contribution in [0.25, 0.3) is 0 Å². The number of thiophene rings is 1. The van der Waals surface area contributed by atoms with Gasteiger partial charge in [-0.3, -0.25) is 9.52 Å². The highest BCUT2D eigenvalue weighted by atomic mass is 35.5. The number of hydrogen-bond donors (Lipinski definition) is 1. The largest absolute Gasteiger partial charge is 0.368 e. The van der Waals surface area contributed by atoms with Gasteiger partial charge in [0, 0.05) is 18.8 Å². The third-order valence-electron chi connectivity index (χ3n) is 4.52. The number of hydrogen-bond acceptors (Lipinski definition) is 5. The number of amides is 1. The number of rotatable bonds is 4. The first-order chi connectivity index (χ1) is 12.4. The maximum absolute atomic E-state index is 12.7. The zero-order chi connectivity index (χ0) is 18.3. The molecule has 0 bridgehead atoms. The second kappa shape index (κ2) is 6.84. The van der Waals surface area contributed by atoms with E-state index in [1.165, 1.54) is 6.07 Å². The topological polar surface area (TPSA) is 75.7 Å². The summed E-state index contributed by atoms with van der Waals surface area (Å²) in [7, 11) is -3.71. The molecule has 6 nitrogen and oxygen atoms in total. The van der Waals surface area contributed by atoms with Crippen molar-refractivity contribution in [1.29, 1.82) is 0 Å². The minimum atomic E-state index is -3.71. The highest BCUT2D eigenvalue weighted by molar-refractivity contribution is 7.94. The number of carbonyl (C=O) groups is 1. The zero-order valence-electron chi connectivity index (χ0n) is 13.8. The van der Waals surface area contributed by atoms with E-state index in [9.17, 15) is 13.2 Å². The van der Waals surface area contributed by atoms with Crippen molar-refractivity contribution in [3.63, 3.8) is 0 Å². The molecule has 1 atom stereocenters. The number of ether oxygens (including phenoxy) is 1. The second-order valence-electron chi connectivity index (χ2n) is 6.25. The summed E-state index contributed by atoms with van der Waals surface area (Å²) in [5.74, 6) is -0.0497. The van der Waals surface area contributed by atoms with Crippen LogP contribution in [0, 0.1) is 0 Å². The molecular formula is C17H17ClN2O4S2. The second-order valence-corrected chi connectivity index (χ2v) is 9.87. The maximum Gasteiger partial charge on any atom is 0.271 e. The first-order valence-corrected chi connectivity index (χ1v) is 11.0. The molecule has 0 saturated carbocycles. The molecule has 4 rings (SSSR count). The number of nitrogens with one attached hydrogen (secondary N) is 1. The highest BCUT2D eigenvalue weighted by Gasteiger charge is 2.33. The number of halogens is 1. The Morgan fingerprint density at radius 2 is 2.15 bits per heavy atom. The molecule has 26 heavy (non-hydrogen) atoms. The predicted molar refractivity (Wildman–Crippen MR) is 102 cm³/mol.